The Bertz CT molecular complexity index is 950. The van der Waals surface area contributed by atoms with Crippen LogP contribution in [0.4, 0.5) is 17.5 Å². The molecule has 0 saturated heterocycles. The van der Waals surface area contributed by atoms with E-state index < -0.39 is 0 Å². The number of nitrogens with two attached hydrogens (primary N) is 3. The third-order valence-corrected chi connectivity index (χ3v) is 4.30. The molecule has 0 aliphatic rings. The first-order valence-electron chi connectivity index (χ1n) is 8.87. The molecule has 0 bridgehead atoms. The zero-order valence-corrected chi connectivity index (χ0v) is 15.9. The van der Waals surface area contributed by atoms with Crippen LogP contribution in [0.25, 0.3) is 11.2 Å². The van der Waals surface area contributed by atoms with Crippen LogP contribution in [-0.4, -0.2) is 39.2 Å². The molecule has 9 heteroatoms. The van der Waals surface area contributed by atoms with E-state index in [1.54, 1.807) is 7.11 Å². The highest BCUT2D eigenvalue weighted by Gasteiger charge is 2.17. The molecule has 0 saturated carbocycles. The van der Waals surface area contributed by atoms with Crippen molar-refractivity contribution in [1.82, 2.24) is 19.5 Å². The van der Waals surface area contributed by atoms with Crippen LogP contribution in [0.15, 0.2) is 18.2 Å². The fourth-order valence-corrected chi connectivity index (χ4v) is 2.90. The minimum atomic E-state index is -0.0202. The number of methoxy groups -OCH3 is 1. The van der Waals surface area contributed by atoms with Gasteiger partial charge >= 0.3 is 0 Å². The first kappa shape index (κ1) is 18.7. The van der Waals surface area contributed by atoms with Gasteiger partial charge in [0.15, 0.2) is 17.0 Å². The molecule has 2 aromatic heterocycles. The van der Waals surface area contributed by atoms with Gasteiger partial charge in [0.2, 0.25) is 5.95 Å². The molecule has 1 aromatic carbocycles. The molecule has 0 aliphatic heterocycles. The number of nitrogens with one attached hydrogen (secondary N) is 1. The largest absolute Gasteiger partial charge is 0.497 e. The Kier molecular flexibility index (Phi) is 5.31. The molecule has 0 radical (unpaired) electrons. The molecule has 2 heterocycles. The van der Waals surface area contributed by atoms with E-state index in [-0.39, 0.29) is 6.04 Å². The van der Waals surface area contributed by atoms with Gasteiger partial charge in [-0.05, 0) is 37.6 Å². The predicted molar refractivity (Wildman–Crippen MR) is 108 cm³/mol. The van der Waals surface area contributed by atoms with Crippen LogP contribution in [0.3, 0.4) is 0 Å². The molecular formula is C18H26N8O. The van der Waals surface area contributed by atoms with E-state index in [0.717, 1.165) is 17.1 Å². The molecule has 0 fully saturated rings. The summed E-state index contributed by atoms with van der Waals surface area (Å²) in [6.45, 7) is 5.19. The third kappa shape index (κ3) is 3.87. The van der Waals surface area contributed by atoms with Crippen LogP contribution in [0.2, 0.25) is 0 Å². The van der Waals surface area contributed by atoms with E-state index in [2.05, 4.69) is 20.3 Å². The van der Waals surface area contributed by atoms with E-state index in [1.165, 1.54) is 0 Å². The summed E-state index contributed by atoms with van der Waals surface area (Å²) in [7, 11) is 1.63. The number of nitrogen functional groups attached to an aromatic ring is 2. The lowest BCUT2D eigenvalue weighted by Crippen LogP contribution is -2.26. The van der Waals surface area contributed by atoms with Gasteiger partial charge in [0.25, 0.3) is 0 Å². The molecule has 0 amide bonds. The van der Waals surface area contributed by atoms with Crippen LogP contribution in [0.5, 0.6) is 5.75 Å². The van der Waals surface area contributed by atoms with Crippen molar-refractivity contribution >= 4 is 28.6 Å². The maximum atomic E-state index is 6.13. The summed E-state index contributed by atoms with van der Waals surface area (Å²) in [6, 6.07) is 5.56. The topological polar surface area (TPSA) is 143 Å². The van der Waals surface area contributed by atoms with Crippen molar-refractivity contribution < 1.29 is 4.74 Å². The molecule has 3 aromatic rings. The van der Waals surface area contributed by atoms with Gasteiger partial charge in [0.05, 0.1) is 7.11 Å². The van der Waals surface area contributed by atoms with Crippen LogP contribution in [-0.2, 0) is 13.0 Å². The molecule has 7 N–H and O–H groups in total. The lowest BCUT2D eigenvalue weighted by molar-refractivity contribution is 0.414. The van der Waals surface area contributed by atoms with Gasteiger partial charge in [0, 0.05) is 31.2 Å². The molecule has 9 nitrogen and oxygen atoms in total. The van der Waals surface area contributed by atoms with Crippen molar-refractivity contribution in [3.63, 3.8) is 0 Å². The monoisotopic (exact) mass is 370 g/mol. The van der Waals surface area contributed by atoms with Gasteiger partial charge in [-0.3, -0.25) is 0 Å². The third-order valence-electron chi connectivity index (χ3n) is 4.30. The van der Waals surface area contributed by atoms with E-state index in [4.69, 9.17) is 21.9 Å². The van der Waals surface area contributed by atoms with Crippen molar-refractivity contribution in [2.24, 2.45) is 5.73 Å². The molecule has 1 unspecified atom stereocenters. The highest BCUT2D eigenvalue weighted by Crippen LogP contribution is 2.26. The van der Waals surface area contributed by atoms with Crippen LogP contribution < -0.4 is 27.3 Å². The standard InChI is InChI=1S/C18H26N8O/c1-4-26-14(8-11-7-12(27-3)5-6-13(11)20)23-15-16(21)24-18(25-17(15)26)22-9-10(2)19/h5-7,10H,4,8-9,19-20H2,1-3H3,(H3,21,22,24,25). The highest BCUT2D eigenvalue weighted by atomic mass is 16.5. The average Bonchev–Trinajstić information content (AvgIpc) is 2.99. The highest BCUT2D eigenvalue weighted by molar-refractivity contribution is 5.83. The maximum Gasteiger partial charge on any atom is 0.226 e. The van der Waals surface area contributed by atoms with E-state index in [1.807, 2.05) is 36.6 Å². The fourth-order valence-electron chi connectivity index (χ4n) is 2.90. The number of hydrogen-bond acceptors (Lipinski definition) is 8. The predicted octanol–water partition coefficient (Wildman–Crippen LogP) is 1.37. The van der Waals surface area contributed by atoms with E-state index in [9.17, 15) is 0 Å². The van der Waals surface area contributed by atoms with E-state index in [0.29, 0.717) is 48.1 Å². The van der Waals surface area contributed by atoms with Gasteiger partial charge in [-0.2, -0.15) is 9.97 Å². The molecule has 27 heavy (non-hydrogen) atoms. The quantitative estimate of drug-likeness (QED) is 0.457. The van der Waals surface area contributed by atoms with Crippen LogP contribution in [0, 0.1) is 0 Å². The Morgan fingerprint density at radius 3 is 2.67 bits per heavy atom. The van der Waals surface area contributed by atoms with Crippen molar-refractivity contribution in [1.29, 1.82) is 0 Å². The van der Waals surface area contributed by atoms with Crippen molar-refractivity contribution in [2.75, 3.05) is 30.4 Å². The average molecular weight is 370 g/mol. The van der Waals surface area contributed by atoms with Crippen LogP contribution in [0.1, 0.15) is 25.2 Å². The van der Waals surface area contributed by atoms with Gasteiger partial charge in [-0.1, -0.05) is 0 Å². The summed E-state index contributed by atoms with van der Waals surface area (Å²) < 4.78 is 7.32. The summed E-state index contributed by atoms with van der Waals surface area (Å²) in [4.78, 5) is 13.6. The number of fused-ring (bicyclic) bond motifs is 1. The summed E-state index contributed by atoms with van der Waals surface area (Å²) >= 11 is 0. The number of aryl methyl sites for hydroxylation is 1. The fraction of sp³-hybridized carbons (Fsp3) is 0.389. The minimum absolute atomic E-state index is 0.0202. The summed E-state index contributed by atoms with van der Waals surface area (Å²) in [5.74, 6) is 2.34. The van der Waals surface area contributed by atoms with Gasteiger partial charge in [0.1, 0.15) is 11.6 Å². The Balaban J connectivity index is 2.02. The lowest BCUT2D eigenvalue weighted by Gasteiger charge is -2.10. The van der Waals surface area contributed by atoms with Crippen LogP contribution >= 0.6 is 0 Å². The number of rotatable bonds is 7. The minimum Gasteiger partial charge on any atom is -0.497 e. The Morgan fingerprint density at radius 2 is 2.00 bits per heavy atom. The number of aromatic nitrogens is 4. The first-order valence-corrected chi connectivity index (χ1v) is 8.87. The smallest absolute Gasteiger partial charge is 0.226 e. The van der Waals surface area contributed by atoms with Crippen molar-refractivity contribution in [3.05, 3.63) is 29.6 Å². The normalized spacial score (nSPS) is 12.3. The maximum absolute atomic E-state index is 6.13. The Labute approximate surface area is 157 Å². The Hall–Kier alpha value is -3.07. The van der Waals surface area contributed by atoms with Gasteiger partial charge < -0.3 is 31.8 Å². The number of nitrogens with zero attached hydrogens (tertiary/aromatic N) is 4. The first-order chi connectivity index (χ1) is 12.9. The summed E-state index contributed by atoms with van der Waals surface area (Å²) in [6.07, 6.45) is 0.537. The summed E-state index contributed by atoms with van der Waals surface area (Å²) in [5, 5.41) is 3.11. The zero-order valence-electron chi connectivity index (χ0n) is 15.9. The molecule has 144 valence electrons. The number of ether oxygens (including phenoxy) is 1. The SMILES string of the molecule is CCn1c(Cc2cc(OC)ccc2N)nc2c(N)nc(NCC(C)N)nc21. The van der Waals surface area contributed by atoms with Crippen molar-refractivity contribution in [3.8, 4) is 5.75 Å². The Morgan fingerprint density at radius 1 is 1.22 bits per heavy atom. The number of imidazole rings is 1. The van der Waals surface area contributed by atoms with Gasteiger partial charge in [-0.25, -0.2) is 4.98 Å². The number of hydrogen-bond donors (Lipinski definition) is 4. The second kappa shape index (κ2) is 7.67. The molecule has 3 rings (SSSR count). The zero-order chi connectivity index (χ0) is 19.6. The number of benzene rings is 1. The molecule has 1 atom stereocenters. The molecule has 0 spiro atoms. The van der Waals surface area contributed by atoms with Gasteiger partial charge in [-0.15, -0.1) is 0 Å². The van der Waals surface area contributed by atoms with E-state index >= 15 is 0 Å². The molecule has 0 aliphatic carbocycles. The second-order valence-electron chi connectivity index (χ2n) is 6.48. The molecular weight excluding hydrogens is 344 g/mol. The lowest BCUT2D eigenvalue weighted by atomic mass is 10.1. The number of anilines is 3. The second-order valence-corrected chi connectivity index (χ2v) is 6.48. The summed E-state index contributed by atoms with van der Waals surface area (Å²) in [5.41, 5.74) is 20.9. The van der Waals surface area contributed by atoms with Crippen molar-refractivity contribution in [2.45, 2.75) is 32.9 Å².